The number of benzene rings is 1. The van der Waals surface area contributed by atoms with Gasteiger partial charge >= 0.3 is 6.03 Å². The predicted octanol–water partition coefficient (Wildman–Crippen LogP) is 1.59. The number of carbonyl (C=O) groups excluding carboxylic acids is 2. The molecule has 1 aliphatic rings. The van der Waals surface area contributed by atoms with Gasteiger partial charge in [0.15, 0.2) is 5.78 Å². The molecule has 0 bridgehead atoms. The first-order valence-corrected chi connectivity index (χ1v) is 5.33. The molecule has 0 unspecified atom stereocenters. The highest BCUT2D eigenvalue weighted by atomic mass is 16.5. The van der Waals surface area contributed by atoms with Crippen LogP contribution in [0.3, 0.4) is 0 Å². The number of rotatable bonds is 3. The molecule has 0 atom stereocenters. The highest BCUT2D eigenvalue weighted by Gasteiger charge is 2.08. The highest BCUT2D eigenvalue weighted by Crippen LogP contribution is 2.12. The van der Waals surface area contributed by atoms with E-state index >= 15 is 0 Å². The van der Waals surface area contributed by atoms with E-state index in [1.54, 1.807) is 37.5 Å². The lowest BCUT2D eigenvalue weighted by atomic mass is 10.1. The molecule has 0 spiro atoms. The van der Waals surface area contributed by atoms with Gasteiger partial charge in [-0.05, 0) is 30.3 Å². The molecule has 2 rings (SSSR count). The molecule has 0 aliphatic carbocycles. The Morgan fingerprint density at radius 2 is 2.00 bits per heavy atom. The number of ketones is 1. The third kappa shape index (κ3) is 2.76. The van der Waals surface area contributed by atoms with Crippen LogP contribution in [0.1, 0.15) is 10.4 Å². The molecular weight excluding hydrogens is 232 g/mol. The van der Waals surface area contributed by atoms with Gasteiger partial charge in [-0.25, -0.2) is 4.79 Å². The van der Waals surface area contributed by atoms with Crippen molar-refractivity contribution in [2.45, 2.75) is 0 Å². The Kier molecular flexibility index (Phi) is 3.43. The molecule has 2 amide bonds. The largest absolute Gasteiger partial charge is 0.497 e. The van der Waals surface area contributed by atoms with Crippen LogP contribution >= 0.6 is 0 Å². The molecule has 0 saturated heterocycles. The number of methoxy groups -OCH3 is 1. The molecule has 2 N–H and O–H groups in total. The summed E-state index contributed by atoms with van der Waals surface area (Å²) in [4.78, 5) is 22.9. The minimum absolute atomic E-state index is 0.181. The van der Waals surface area contributed by atoms with E-state index in [4.69, 9.17) is 4.74 Å². The van der Waals surface area contributed by atoms with Gasteiger partial charge in [0, 0.05) is 23.5 Å². The molecule has 1 heterocycles. The van der Waals surface area contributed by atoms with Crippen molar-refractivity contribution in [2.75, 3.05) is 7.11 Å². The molecule has 0 saturated carbocycles. The third-order valence-corrected chi connectivity index (χ3v) is 2.40. The SMILES string of the molecule is COc1ccc(C(=O)/C=C2/C=CNC(=O)N2)cc1. The van der Waals surface area contributed by atoms with E-state index in [9.17, 15) is 9.59 Å². The maximum Gasteiger partial charge on any atom is 0.323 e. The van der Waals surface area contributed by atoms with Gasteiger partial charge in [-0.15, -0.1) is 0 Å². The summed E-state index contributed by atoms with van der Waals surface area (Å²) in [5.74, 6) is 0.508. The maximum atomic E-state index is 11.9. The zero-order valence-electron chi connectivity index (χ0n) is 9.77. The van der Waals surface area contributed by atoms with Crippen LogP contribution in [-0.4, -0.2) is 18.9 Å². The monoisotopic (exact) mass is 244 g/mol. The van der Waals surface area contributed by atoms with Crippen molar-refractivity contribution in [3.05, 3.63) is 53.9 Å². The molecule has 92 valence electrons. The van der Waals surface area contributed by atoms with Crippen LogP contribution in [0.5, 0.6) is 5.75 Å². The Balaban J connectivity index is 2.16. The lowest BCUT2D eigenvalue weighted by Crippen LogP contribution is -2.34. The molecule has 18 heavy (non-hydrogen) atoms. The van der Waals surface area contributed by atoms with Gasteiger partial charge in [0.05, 0.1) is 7.11 Å². The van der Waals surface area contributed by atoms with E-state index in [1.807, 2.05) is 0 Å². The Morgan fingerprint density at radius 1 is 1.28 bits per heavy atom. The number of hydrogen-bond acceptors (Lipinski definition) is 3. The van der Waals surface area contributed by atoms with Gasteiger partial charge in [-0.2, -0.15) is 0 Å². The molecule has 1 aromatic carbocycles. The van der Waals surface area contributed by atoms with Crippen molar-refractivity contribution in [3.63, 3.8) is 0 Å². The molecule has 1 aliphatic heterocycles. The summed E-state index contributed by atoms with van der Waals surface area (Å²) < 4.78 is 5.01. The quantitative estimate of drug-likeness (QED) is 0.626. The van der Waals surface area contributed by atoms with Crippen LogP contribution in [0.2, 0.25) is 0 Å². The number of allylic oxidation sites excluding steroid dienone is 2. The summed E-state index contributed by atoms with van der Waals surface area (Å²) >= 11 is 0. The fraction of sp³-hybridized carbons (Fsp3) is 0.0769. The number of nitrogens with one attached hydrogen (secondary N) is 2. The van der Waals surface area contributed by atoms with Gasteiger partial charge in [0.2, 0.25) is 0 Å². The number of hydrogen-bond donors (Lipinski definition) is 2. The summed E-state index contributed by atoms with van der Waals surface area (Å²) in [5.41, 5.74) is 0.990. The minimum Gasteiger partial charge on any atom is -0.497 e. The van der Waals surface area contributed by atoms with Crippen molar-refractivity contribution in [2.24, 2.45) is 0 Å². The van der Waals surface area contributed by atoms with E-state index in [0.717, 1.165) is 0 Å². The Bertz CT molecular complexity index is 530. The summed E-state index contributed by atoms with van der Waals surface area (Å²) in [5, 5.41) is 4.96. The number of urea groups is 1. The molecule has 0 aromatic heterocycles. The first-order valence-electron chi connectivity index (χ1n) is 5.33. The molecule has 5 heteroatoms. The van der Waals surface area contributed by atoms with Crippen molar-refractivity contribution >= 4 is 11.8 Å². The van der Waals surface area contributed by atoms with Crippen molar-refractivity contribution in [1.29, 1.82) is 0 Å². The number of carbonyl (C=O) groups is 2. The van der Waals surface area contributed by atoms with E-state index in [2.05, 4.69) is 10.6 Å². The topological polar surface area (TPSA) is 67.4 Å². The fourth-order valence-electron chi connectivity index (χ4n) is 1.48. The van der Waals surface area contributed by atoms with Crippen LogP contribution in [0.4, 0.5) is 4.79 Å². The van der Waals surface area contributed by atoms with E-state index in [-0.39, 0.29) is 11.8 Å². The van der Waals surface area contributed by atoms with Gasteiger partial charge in [0.1, 0.15) is 5.75 Å². The van der Waals surface area contributed by atoms with Gasteiger partial charge < -0.3 is 15.4 Å². The molecule has 0 fully saturated rings. The summed E-state index contributed by atoms with van der Waals surface area (Å²) in [7, 11) is 1.56. The lowest BCUT2D eigenvalue weighted by Gasteiger charge is -2.10. The second kappa shape index (κ2) is 5.18. The fourth-order valence-corrected chi connectivity index (χ4v) is 1.48. The van der Waals surface area contributed by atoms with E-state index < -0.39 is 0 Å². The molecule has 1 aromatic rings. The third-order valence-electron chi connectivity index (χ3n) is 2.40. The van der Waals surface area contributed by atoms with Gasteiger partial charge in [-0.3, -0.25) is 4.79 Å². The van der Waals surface area contributed by atoms with Crippen LogP contribution in [0, 0.1) is 0 Å². The molecule has 0 radical (unpaired) electrons. The second-order valence-electron chi connectivity index (χ2n) is 3.62. The molecule has 5 nitrogen and oxygen atoms in total. The highest BCUT2D eigenvalue weighted by molar-refractivity contribution is 6.05. The van der Waals surface area contributed by atoms with E-state index in [0.29, 0.717) is 17.0 Å². The Morgan fingerprint density at radius 3 is 2.61 bits per heavy atom. The minimum atomic E-state index is -0.355. The number of ether oxygens (including phenoxy) is 1. The zero-order chi connectivity index (χ0) is 13.0. The lowest BCUT2D eigenvalue weighted by molar-refractivity contribution is 0.104. The zero-order valence-corrected chi connectivity index (χ0v) is 9.77. The normalized spacial score (nSPS) is 16.1. The average Bonchev–Trinajstić information content (AvgIpc) is 2.39. The van der Waals surface area contributed by atoms with Gasteiger partial charge in [-0.1, -0.05) is 0 Å². The summed E-state index contributed by atoms with van der Waals surface area (Å²) in [6, 6.07) is 6.41. The van der Waals surface area contributed by atoms with Crippen LogP contribution < -0.4 is 15.4 Å². The smallest absolute Gasteiger partial charge is 0.323 e. The second-order valence-corrected chi connectivity index (χ2v) is 3.62. The Hall–Kier alpha value is -2.56. The summed E-state index contributed by atoms with van der Waals surface area (Å²) in [6.07, 6.45) is 4.46. The van der Waals surface area contributed by atoms with Gasteiger partial charge in [0.25, 0.3) is 0 Å². The van der Waals surface area contributed by atoms with Crippen LogP contribution in [-0.2, 0) is 0 Å². The molecular formula is C13H12N2O3. The van der Waals surface area contributed by atoms with Crippen molar-refractivity contribution in [1.82, 2.24) is 10.6 Å². The Labute approximate surface area is 104 Å². The van der Waals surface area contributed by atoms with E-state index in [1.165, 1.54) is 12.3 Å². The summed E-state index contributed by atoms with van der Waals surface area (Å²) in [6.45, 7) is 0. The van der Waals surface area contributed by atoms with Crippen LogP contribution in [0.25, 0.3) is 0 Å². The van der Waals surface area contributed by atoms with Crippen LogP contribution in [0.15, 0.2) is 48.3 Å². The first kappa shape index (κ1) is 11.9. The number of amides is 2. The predicted molar refractivity (Wildman–Crippen MR) is 66.2 cm³/mol. The standard InChI is InChI=1S/C13H12N2O3/c1-18-11-4-2-9(3-5-11)12(16)8-10-6-7-14-13(17)15-10/h2-8H,1H3,(H2,14,15,17)/b10-8-. The maximum absolute atomic E-state index is 11.9. The average molecular weight is 244 g/mol. The first-order chi connectivity index (χ1) is 8.69. The van der Waals surface area contributed by atoms with Crippen molar-refractivity contribution in [3.8, 4) is 5.75 Å². The van der Waals surface area contributed by atoms with Crippen molar-refractivity contribution < 1.29 is 14.3 Å².